The van der Waals surface area contributed by atoms with Crippen LogP contribution in [0.3, 0.4) is 0 Å². The van der Waals surface area contributed by atoms with Crippen LogP contribution in [0, 0.1) is 10.1 Å². The van der Waals surface area contributed by atoms with E-state index >= 15 is 0 Å². The first-order valence-corrected chi connectivity index (χ1v) is 3.68. The summed E-state index contributed by atoms with van der Waals surface area (Å²) in [5, 5.41) is 14.0. The van der Waals surface area contributed by atoms with Crippen LogP contribution >= 0.6 is 11.8 Å². The molecule has 0 unspecified atom stereocenters. The molecule has 0 saturated heterocycles. The van der Waals surface area contributed by atoms with E-state index < -0.39 is 4.92 Å². The second-order valence-corrected chi connectivity index (χ2v) is 2.63. The van der Waals surface area contributed by atoms with Crippen molar-refractivity contribution in [2.75, 3.05) is 0 Å². The highest BCUT2D eigenvalue weighted by molar-refractivity contribution is 6.18. The topological polar surface area (TPSA) is 73.8 Å². The highest BCUT2D eigenvalue weighted by atomic mass is 35.5. The van der Waals surface area contributed by atoms with Crippen LogP contribution in [-0.2, 0) is 0 Å². The molecule has 0 atom stereocenters. The number of halogens is 1. The zero-order valence-electron chi connectivity index (χ0n) is 6.22. The lowest BCUT2D eigenvalue weighted by Crippen LogP contribution is -1.89. The highest BCUT2D eigenvalue weighted by Crippen LogP contribution is 2.22. The standard InChI is InChI=1S/C6H3ClN4O2/c7-10-4-2-1-3-8-5(4)6(9-10)11(12)13/h1-3H. The summed E-state index contributed by atoms with van der Waals surface area (Å²) >= 11 is 5.58. The van der Waals surface area contributed by atoms with E-state index in [1.807, 2.05) is 0 Å². The molecule has 0 spiro atoms. The molecule has 0 saturated carbocycles. The lowest BCUT2D eigenvalue weighted by atomic mass is 10.4. The van der Waals surface area contributed by atoms with Crippen LogP contribution in [-0.4, -0.2) is 19.2 Å². The van der Waals surface area contributed by atoms with Gasteiger partial charge in [-0.05, 0) is 17.1 Å². The molecule has 0 fully saturated rings. The van der Waals surface area contributed by atoms with Crippen molar-refractivity contribution in [2.45, 2.75) is 0 Å². The Morgan fingerprint density at radius 2 is 2.38 bits per heavy atom. The van der Waals surface area contributed by atoms with Crippen LogP contribution in [0.4, 0.5) is 5.82 Å². The van der Waals surface area contributed by atoms with Gasteiger partial charge in [0.2, 0.25) is 0 Å². The third kappa shape index (κ3) is 1.11. The summed E-state index contributed by atoms with van der Waals surface area (Å²) in [5.41, 5.74) is 0.623. The molecule has 6 nitrogen and oxygen atoms in total. The van der Waals surface area contributed by atoms with Gasteiger partial charge in [-0.25, -0.2) is 4.98 Å². The van der Waals surface area contributed by atoms with Crippen LogP contribution in [0.5, 0.6) is 0 Å². The molecular weight excluding hydrogens is 196 g/mol. The zero-order chi connectivity index (χ0) is 9.42. The minimum Gasteiger partial charge on any atom is -0.358 e. The van der Waals surface area contributed by atoms with Gasteiger partial charge in [0.05, 0.1) is 16.9 Å². The van der Waals surface area contributed by atoms with Crippen LogP contribution < -0.4 is 0 Å². The lowest BCUT2D eigenvalue weighted by molar-refractivity contribution is -0.388. The van der Waals surface area contributed by atoms with E-state index in [0.717, 1.165) is 4.20 Å². The van der Waals surface area contributed by atoms with Crippen molar-refractivity contribution in [2.24, 2.45) is 0 Å². The monoisotopic (exact) mass is 198 g/mol. The maximum Gasteiger partial charge on any atom is 0.417 e. The molecule has 0 N–H and O–H groups in total. The molecule has 2 rings (SSSR count). The van der Waals surface area contributed by atoms with Gasteiger partial charge >= 0.3 is 5.82 Å². The van der Waals surface area contributed by atoms with E-state index in [0.29, 0.717) is 5.52 Å². The van der Waals surface area contributed by atoms with Crippen molar-refractivity contribution < 1.29 is 4.92 Å². The molecule has 0 amide bonds. The molecule has 2 aromatic rings. The average molecular weight is 199 g/mol. The van der Waals surface area contributed by atoms with E-state index in [1.165, 1.54) is 6.20 Å². The van der Waals surface area contributed by atoms with Gasteiger partial charge in [-0.3, -0.25) is 0 Å². The van der Waals surface area contributed by atoms with Crippen molar-refractivity contribution in [1.29, 1.82) is 0 Å². The molecule has 0 bridgehead atoms. The number of hydrogen-bond acceptors (Lipinski definition) is 4. The summed E-state index contributed by atoms with van der Waals surface area (Å²) in [7, 11) is 0. The van der Waals surface area contributed by atoms with Gasteiger partial charge in [0.25, 0.3) is 0 Å². The second kappa shape index (κ2) is 2.67. The molecule has 0 radical (unpaired) electrons. The molecule has 0 aromatic carbocycles. The van der Waals surface area contributed by atoms with Crippen molar-refractivity contribution in [1.82, 2.24) is 14.3 Å². The Labute approximate surface area is 77.0 Å². The molecule has 66 valence electrons. The summed E-state index contributed by atoms with van der Waals surface area (Å²) in [4.78, 5) is 13.7. The predicted molar refractivity (Wildman–Crippen MR) is 45.4 cm³/mol. The summed E-state index contributed by atoms with van der Waals surface area (Å²) in [5.74, 6) is -0.328. The van der Waals surface area contributed by atoms with Gasteiger partial charge in [-0.1, -0.05) is 4.20 Å². The smallest absolute Gasteiger partial charge is 0.358 e. The molecule has 2 heterocycles. The Kier molecular flexibility index (Phi) is 1.63. The zero-order valence-corrected chi connectivity index (χ0v) is 6.97. The second-order valence-electron chi connectivity index (χ2n) is 2.31. The Morgan fingerprint density at radius 3 is 3.08 bits per heavy atom. The predicted octanol–water partition coefficient (Wildman–Crippen LogP) is 1.34. The fourth-order valence-electron chi connectivity index (χ4n) is 1.03. The van der Waals surface area contributed by atoms with E-state index in [-0.39, 0.29) is 11.3 Å². The number of hydrogen-bond donors (Lipinski definition) is 0. The summed E-state index contributed by atoms with van der Waals surface area (Å²) in [6.07, 6.45) is 1.45. The summed E-state index contributed by atoms with van der Waals surface area (Å²) in [6, 6.07) is 3.24. The van der Waals surface area contributed by atoms with Crippen molar-refractivity contribution >= 4 is 28.6 Å². The normalized spacial score (nSPS) is 10.5. The van der Waals surface area contributed by atoms with E-state index in [4.69, 9.17) is 11.8 Å². The van der Waals surface area contributed by atoms with Gasteiger partial charge < -0.3 is 10.1 Å². The highest BCUT2D eigenvalue weighted by Gasteiger charge is 2.21. The van der Waals surface area contributed by atoms with Gasteiger partial charge in [-0.2, -0.15) is 0 Å². The first-order chi connectivity index (χ1) is 6.20. The van der Waals surface area contributed by atoms with Crippen LogP contribution in [0.2, 0.25) is 0 Å². The fourth-order valence-corrected chi connectivity index (χ4v) is 1.23. The first-order valence-electron chi connectivity index (χ1n) is 3.34. The molecule has 7 heteroatoms. The minimum absolute atomic E-state index is 0.197. The minimum atomic E-state index is -0.617. The SMILES string of the molecule is O=[N+]([O-])c1nn(Cl)c2cccnc12. The van der Waals surface area contributed by atoms with Gasteiger partial charge in [0, 0.05) is 6.20 Å². The van der Waals surface area contributed by atoms with Crippen LogP contribution in [0.1, 0.15) is 0 Å². The maximum absolute atomic E-state index is 10.5. The van der Waals surface area contributed by atoms with Gasteiger partial charge in [0.1, 0.15) is 5.52 Å². The fraction of sp³-hybridized carbons (Fsp3) is 0. The largest absolute Gasteiger partial charge is 0.417 e. The Hall–Kier alpha value is -1.69. The number of nitro groups is 1. The number of aromatic nitrogens is 3. The number of rotatable bonds is 1. The van der Waals surface area contributed by atoms with Crippen molar-refractivity contribution in [3.63, 3.8) is 0 Å². The van der Waals surface area contributed by atoms with E-state index in [1.54, 1.807) is 12.1 Å². The van der Waals surface area contributed by atoms with E-state index in [2.05, 4.69) is 10.1 Å². The Balaban J connectivity index is 2.85. The Morgan fingerprint density at radius 1 is 1.62 bits per heavy atom. The van der Waals surface area contributed by atoms with Crippen molar-refractivity contribution in [3.8, 4) is 0 Å². The Bertz CT molecular complexity index is 480. The molecule has 2 aromatic heterocycles. The average Bonchev–Trinajstić information content (AvgIpc) is 2.45. The number of pyridine rings is 1. The molecular formula is C6H3ClN4O2. The van der Waals surface area contributed by atoms with Crippen LogP contribution in [0.15, 0.2) is 18.3 Å². The number of fused-ring (bicyclic) bond motifs is 1. The molecule has 0 aliphatic rings. The van der Waals surface area contributed by atoms with E-state index in [9.17, 15) is 10.1 Å². The third-order valence-corrected chi connectivity index (χ3v) is 1.81. The third-order valence-electron chi connectivity index (χ3n) is 1.55. The quantitative estimate of drug-likeness (QED) is 0.512. The van der Waals surface area contributed by atoms with Gasteiger partial charge in [-0.15, -0.1) is 0 Å². The number of nitrogens with zero attached hydrogens (tertiary/aromatic N) is 4. The first kappa shape index (κ1) is 7.93. The molecule has 0 aliphatic heterocycles. The molecule has 0 aliphatic carbocycles. The summed E-state index contributed by atoms with van der Waals surface area (Å²) in [6.45, 7) is 0. The van der Waals surface area contributed by atoms with Crippen LogP contribution in [0.25, 0.3) is 11.0 Å². The van der Waals surface area contributed by atoms with Gasteiger partial charge in [0.15, 0.2) is 5.52 Å². The maximum atomic E-state index is 10.5. The molecule has 13 heavy (non-hydrogen) atoms. The lowest BCUT2D eigenvalue weighted by Gasteiger charge is -1.86. The summed E-state index contributed by atoms with van der Waals surface area (Å²) < 4.78 is 0.917. The van der Waals surface area contributed by atoms with Crippen molar-refractivity contribution in [3.05, 3.63) is 28.4 Å².